The van der Waals surface area contributed by atoms with Gasteiger partial charge in [-0.15, -0.1) is 10.2 Å². The Hall–Kier alpha value is -1.88. The van der Waals surface area contributed by atoms with Crippen molar-refractivity contribution in [2.24, 2.45) is 10.2 Å². The maximum atomic E-state index is 11.4. The molecule has 0 spiro atoms. The summed E-state index contributed by atoms with van der Waals surface area (Å²) in [5.74, 6) is 0.216. The SMILES string of the molecule is O=S(=O)(O)c1ccc2c(N=Nc3ccc(Br)cn3)c(O)ccc2c1Br. The number of azo groups is 1. The van der Waals surface area contributed by atoms with Gasteiger partial charge in [-0.2, -0.15) is 8.42 Å². The molecule has 0 radical (unpaired) electrons. The smallest absolute Gasteiger partial charge is 0.295 e. The van der Waals surface area contributed by atoms with Crippen molar-refractivity contribution in [3.8, 4) is 5.75 Å². The molecule has 10 heteroatoms. The van der Waals surface area contributed by atoms with Gasteiger partial charge in [0.1, 0.15) is 16.3 Å². The van der Waals surface area contributed by atoms with E-state index in [1.54, 1.807) is 18.3 Å². The van der Waals surface area contributed by atoms with Gasteiger partial charge in [0.15, 0.2) is 5.82 Å². The van der Waals surface area contributed by atoms with Gasteiger partial charge in [-0.3, -0.25) is 4.55 Å². The summed E-state index contributed by atoms with van der Waals surface area (Å²) in [5, 5.41) is 19.0. The number of halogens is 2. The molecule has 0 aliphatic carbocycles. The molecule has 2 N–H and O–H groups in total. The zero-order chi connectivity index (χ0) is 18.2. The largest absolute Gasteiger partial charge is 0.506 e. The Balaban J connectivity index is 2.16. The first-order chi connectivity index (χ1) is 11.8. The molecule has 0 fully saturated rings. The molecule has 1 heterocycles. The third kappa shape index (κ3) is 3.71. The second kappa shape index (κ2) is 6.79. The number of aromatic hydroxyl groups is 1. The number of aromatic nitrogens is 1. The van der Waals surface area contributed by atoms with Crippen LogP contribution in [0.2, 0.25) is 0 Å². The second-order valence-electron chi connectivity index (χ2n) is 4.92. The molecule has 128 valence electrons. The lowest BCUT2D eigenvalue weighted by molar-refractivity contribution is 0.477. The molecule has 1 aromatic heterocycles. The topological polar surface area (TPSA) is 112 Å². The normalized spacial score (nSPS) is 12.1. The van der Waals surface area contributed by atoms with Crippen molar-refractivity contribution in [2.45, 2.75) is 4.90 Å². The summed E-state index contributed by atoms with van der Waals surface area (Å²) in [6.45, 7) is 0. The first-order valence-corrected chi connectivity index (χ1v) is 9.75. The number of phenols is 1. The van der Waals surface area contributed by atoms with Gasteiger partial charge in [0.05, 0.1) is 0 Å². The number of hydrogen-bond acceptors (Lipinski definition) is 6. The molecule has 25 heavy (non-hydrogen) atoms. The molecular weight excluding hydrogens is 478 g/mol. The Labute approximate surface area is 159 Å². The highest BCUT2D eigenvalue weighted by atomic mass is 79.9. The van der Waals surface area contributed by atoms with E-state index in [2.05, 4.69) is 47.1 Å². The van der Waals surface area contributed by atoms with E-state index in [-0.39, 0.29) is 20.8 Å². The summed E-state index contributed by atoms with van der Waals surface area (Å²) < 4.78 is 33.1. The fourth-order valence-corrected chi connectivity index (χ4v) is 4.06. The van der Waals surface area contributed by atoms with Crippen LogP contribution in [0.3, 0.4) is 0 Å². The quantitative estimate of drug-likeness (QED) is 0.393. The minimum atomic E-state index is -4.39. The zero-order valence-electron chi connectivity index (χ0n) is 12.3. The van der Waals surface area contributed by atoms with Crippen molar-refractivity contribution in [1.29, 1.82) is 0 Å². The highest BCUT2D eigenvalue weighted by molar-refractivity contribution is 9.11. The highest BCUT2D eigenvalue weighted by Gasteiger charge is 2.18. The summed E-state index contributed by atoms with van der Waals surface area (Å²) in [6, 6.07) is 8.93. The van der Waals surface area contributed by atoms with Crippen LogP contribution < -0.4 is 0 Å². The van der Waals surface area contributed by atoms with Gasteiger partial charge in [-0.05, 0) is 67.6 Å². The van der Waals surface area contributed by atoms with E-state index in [1.807, 2.05) is 0 Å². The molecule has 2 aromatic carbocycles. The number of pyridine rings is 1. The average molecular weight is 487 g/mol. The molecule has 0 amide bonds. The number of phenolic OH excluding ortho intramolecular Hbond substituents is 1. The minimum absolute atomic E-state index is 0.125. The lowest BCUT2D eigenvalue weighted by Gasteiger charge is -2.08. The lowest BCUT2D eigenvalue weighted by atomic mass is 10.1. The molecule has 0 bridgehead atoms. The van der Waals surface area contributed by atoms with Crippen LogP contribution in [0, 0.1) is 0 Å². The van der Waals surface area contributed by atoms with E-state index in [0.29, 0.717) is 16.6 Å². The van der Waals surface area contributed by atoms with Crippen molar-refractivity contribution < 1.29 is 18.1 Å². The van der Waals surface area contributed by atoms with Gasteiger partial charge in [-0.1, -0.05) is 6.07 Å². The van der Waals surface area contributed by atoms with Crippen molar-refractivity contribution in [3.05, 3.63) is 51.5 Å². The Morgan fingerprint density at radius 2 is 1.68 bits per heavy atom. The van der Waals surface area contributed by atoms with Gasteiger partial charge in [-0.25, -0.2) is 4.98 Å². The standard InChI is InChI=1S/C15H9Br2N3O4S/c16-8-1-6-13(18-7-8)19-20-15-10-3-5-12(25(22,23)24)14(17)9(10)2-4-11(15)21/h1-7,21H,(H,22,23,24). The van der Waals surface area contributed by atoms with Gasteiger partial charge >= 0.3 is 0 Å². The molecule has 0 saturated heterocycles. The van der Waals surface area contributed by atoms with Gasteiger partial charge < -0.3 is 5.11 Å². The fourth-order valence-electron chi connectivity index (χ4n) is 2.15. The van der Waals surface area contributed by atoms with Crippen molar-refractivity contribution in [2.75, 3.05) is 0 Å². The number of benzene rings is 2. The Morgan fingerprint density at radius 3 is 2.32 bits per heavy atom. The monoisotopic (exact) mass is 485 g/mol. The van der Waals surface area contributed by atoms with Crippen LogP contribution >= 0.6 is 31.9 Å². The van der Waals surface area contributed by atoms with Crippen LogP contribution in [0.25, 0.3) is 10.8 Å². The van der Waals surface area contributed by atoms with Crippen LogP contribution in [0.5, 0.6) is 5.75 Å². The molecule has 3 rings (SSSR count). The molecule has 0 aliphatic heterocycles. The van der Waals surface area contributed by atoms with E-state index in [4.69, 9.17) is 0 Å². The zero-order valence-corrected chi connectivity index (χ0v) is 16.2. The number of fused-ring (bicyclic) bond motifs is 1. The summed E-state index contributed by atoms with van der Waals surface area (Å²) in [5.41, 5.74) is 0.157. The average Bonchev–Trinajstić information content (AvgIpc) is 2.54. The minimum Gasteiger partial charge on any atom is -0.506 e. The number of rotatable bonds is 3. The first-order valence-electron chi connectivity index (χ1n) is 6.72. The molecule has 7 nitrogen and oxygen atoms in total. The van der Waals surface area contributed by atoms with Crippen LogP contribution in [-0.2, 0) is 10.1 Å². The van der Waals surface area contributed by atoms with E-state index < -0.39 is 10.1 Å². The van der Waals surface area contributed by atoms with Crippen LogP contribution in [0.1, 0.15) is 0 Å². The maximum absolute atomic E-state index is 11.4. The Morgan fingerprint density at radius 1 is 0.960 bits per heavy atom. The van der Waals surface area contributed by atoms with E-state index in [0.717, 1.165) is 4.47 Å². The molecule has 0 aliphatic rings. The number of hydrogen-bond donors (Lipinski definition) is 2. The van der Waals surface area contributed by atoms with E-state index in [9.17, 15) is 18.1 Å². The van der Waals surface area contributed by atoms with E-state index in [1.165, 1.54) is 24.3 Å². The first kappa shape index (κ1) is 17.9. The van der Waals surface area contributed by atoms with Crippen LogP contribution in [0.15, 0.2) is 66.7 Å². The summed E-state index contributed by atoms with van der Waals surface area (Å²) in [7, 11) is -4.39. The van der Waals surface area contributed by atoms with Crippen LogP contribution in [0.4, 0.5) is 11.5 Å². The fraction of sp³-hybridized carbons (Fsp3) is 0. The molecule has 0 unspecified atom stereocenters. The Bertz CT molecular complexity index is 1100. The van der Waals surface area contributed by atoms with Crippen molar-refractivity contribution >= 4 is 64.3 Å². The third-order valence-electron chi connectivity index (χ3n) is 3.29. The van der Waals surface area contributed by atoms with Gasteiger partial charge in [0.25, 0.3) is 10.1 Å². The Kier molecular flexibility index (Phi) is 4.87. The second-order valence-corrected chi connectivity index (χ2v) is 8.01. The van der Waals surface area contributed by atoms with Gasteiger partial charge in [0, 0.05) is 20.5 Å². The lowest BCUT2D eigenvalue weighted by Crippen LogP contribution is -1.99. The van der Waals surface area contributed by atoms with Gasteiger partial charge in [0.2, 0.25) is 0 Å². The predicted molar refractivity (Wildman–Crippen MR) is 99.2 cm³/mol. The maximum Gasteiger partial charge on any atom is 0.295 e. The highest BCUT2D eigenvalue weighted by Crippen LogP contribution is 2.40. The summed E-state index contributed by atoms with van der Waals surface area (Å²) >= 11 is 6.44. The molecule has 0 saturated carbocycles. The number of nitrogens with zero attached hydrogens (tertiary/aromatic N) is 3. The summed E-state index contributed by atoms with van der Waals surface area (Å²) in [6.07, 6.45) is 1.56. The predicted octanol–water partition coefficient (Wildman–Crippen LogP) is 5.13. The third-order valence-corrected chi connectivity index (χ3v) is 5.77. The van der Waals surface area contributed by atoms with E-state index >= 15 is 0 Å². The molecular formula is C15H9Br2N3O4S. The molecule has 3 aromatic rings. The summed E-state index contributed by atoms with van der Waals surface area (Å²) in [4.78, 5) is 3.78. The van der Waals surface area contributed by atoms with Crippen molar-refractivity contribution in [3.63, 3.8) is 0 Å². The molecule has 0 atom stereocenters. The van der Waals surface area contributed by atoms with Crippen LogP contribution in [-0.4, -0.2) is 23.1 Å². The van der Waals surface area contributed by atoms with Crippen molar-refractivity contribution in [1.82, 2.24) is 4.98 Å².